The number of likely N-dealkylation sites (tertiary alicyclic amines) is 1. The van der Waals surface area contributed by atoms with Crippen molar-refractivity contribution >= 4 is 28.9 Å². The molecule has 1 saturated heterocycles. The van der Waals surface area contributed by atoms with Gasteiger partial charge in [0.2, 0.25) is 0 Å². The standard InChI is InChI=1S/C20H22N4O4/c1-22(2)18-10-7-15(13-17(18)20(26)23-11-3-4-12-23)21-19(25)14-5-8-16(9-6-14)24(27)28/h5-10,13H,3-4,11-12H2,1-2H3,(H,21,25). The molecule has 0 spiro atoms. The summed E-state index contributed by atoms with van der Waals surface area (Å²) in [5, 5.41) is 13.5. The summed E-state index contributed by atoms with van der Waals surface area (Å²) in [4.78, 5) is 39.3. The first-order valence-electron chi connectivity index (χ1n) is 9.03. The molecule has 0 saturated carbocycles. The summed E-state index contributed by atoms with van der Waals surface area (Å²) in [5.74, 6) is -0.445. The highest BCUT2D eigenvalue weighted by Gasteiger charge is 2.23. The SMILES string of the molecule is CN(C)c1ccc(NC(=O)c2ccc([N+](=O)[O-])cc2)cc1C(=O)N1CCCC1. The molecule has 3 rings (SSSR count). The van der Waals surface area contributed by atoms with Gasteiger partial charge in [0, 0.05) is 56.3 Å². The number of rotatable bonds is 5. The Bertz CT molecular complexity index is 903. The van der Waals surface area contributed by atoms with Crippen LogP contribution < -0.4 is 10.2 Å². The van der Waals surface area contributed by atoms with E-state index in [0.29, 0.717) is 16.8 Å². The molecule has 0 unspecified atom stereocenters. The van der Waals surface area contributed by atoms with Gasteiger partial charge < -0.3 is 15.1 Å². The fraction of sp³-hybridized carbons (Fsp3) is 0.300. The molecule has 0 bridgehead atoms. The van der Waals surface area contributed by atoms with Crippen molar-refractivity contribution in [1.82, 2.24) is 4.90 Å². The molecule has 0 aliphatic carbocycles. The van der Waals surface area contributed by atoms with Gasteiger partial charge in [0.15, 0.2) is 0 Å². The lowest BCUT2D eigenvalue weighted by Crippen LogP contribution is -2.29. The second kappa shape index (κ2) is 8.08. The Labute approximate surface area is 162 Å². The van der Waals surface area contributed by atoms with Gasteiger partial charge in [0.1, 0.15) is 0 Å². The average molecular weight is 382 g/mol. The smallest absolute Gasteiger partial charge is 0.269 e. The van der Waals surface area contributed by atoms with Gasteiger partial charge >= 0.3 is 0 Å². The van der Waals surface area contributed by atoms with Gasteiger partial charge in [-0.15, -0.1) is 0 Å². The van der Waals surface area contributed by atoms with E-state index in [2.05, 4.69) is 5.32 Å². The van der Waals surface area contributed by atoms with Gasteiger partial charge in [-0.25, -0.2) is 0 Å². The molecule has 0 radical (unpaired) electrons. The van der Waals surface area contributed by atoms with Crippen LogP contribution in [0.2, 0.25) is 0 Å². The van der Waals surface area contributed by atoms with E-state index in [9.17, 15) is 19.7 Å². The molecule has 146 valence electrons. The van der Waals surface area contributed by atoms with Gasteiger partial charge in [-0.05, 0) is 43.2 Å². The normalized spacial score (nSPS) is 13.3. The third kappa shape index (κ3) is 4.11. The van der Waals surface area contributed by atoms with E-state index >= 15 is 0 Å². The third-order valence-corrected chi connectivity index (χ3v) is 4.70. The molecule has 2 aromatic rings. The first-order valence-corrected chi connectivity index (χ1v) is 9.03. The molecule has 1 aliphatic rings. The van der Waals surface area contributed by atoms with Crippen molar-refractivity contribution in [3.8, 4) is 0 Å². The van der Waals surface area contributed by atoms with Crippen LogP contribution in [0.1, 0.15) is 33.6 Å². The van der Waals surface area contributed by atoms with Crippen molar-refractivity contribution in [1.29, 1.82) is 0 Å². The lowest BCUT2D eigenvalue weighted by atomic mass is 10.1. The first kappa shape index (κ1) is 19.3. The van der Waals surface area contributed by atoms with Crippen molar-refractivity contribution in [2.45, 2.75) is 12.8 Å². The van der Waals surface area contributed by atoms with E-state index in [-0.39, 0.29) is 11.6 Å². The van der Waals surface area contributed by atoms with Crippen LogP contribution in [-0.2, 0) is 0 Å². The fourth-order valence-corrected chi connectivity index (χ4v) is 3.20. The number of hydrogen-bond donors (Lipinski definition) is 1. The van der Waals surface area contributed by atoms with Crippen LogP contribution in [0, 0.1) is 10.1 Å². The second-order valence-electron chi connectivity index (χ2n) is 6.88. The maximum Gasteiger partial charge on any atom is 0.269 e. The Balaban J connectivity index is 1.83. The molecule has 0 atom stereocenters. The summed E-state index contributed by atoms with van der Waals surface area (Å²) in [7, 11) is 3.73. The van der Waals surface area contributed by atoms with Gasteiger partial charge in [-0.2, -0.15) is 0 Å². The summed E-state index contributed by atoms with van der Waals surface area (Å²) in [6.45, 7) is 1.48. The van der Waals surface area contributed by atoms with E-state index in [4.69, 9.17) is 0 Å². The average Bonchev–Trinajstić information content (AvgIpc) is 3.22. The molecule has 28 heavy (non-hydrogen) atoms. The number of carbonyl (C=O) groups is 2. The van der Waals surface area contributed by atoms with Crippen molar-refractivity contribution in [2.75, 3.05) is 37.4 Å². The van der Waals surface area contributed by atoms with Gasteiger partial charge in [-0.1, -0.05) is 0 Å². The quantitative estimate of drug-likeness (QED) is 0.633. The Morgan fingerprint density at radius 2 is 1.71 bits per heavy atom. The van der Waals surface area contributed by atoms with Crippen LogP contribution in [0.5, 0.6) is 0 Å². The number of nitro benzene ring substituents is 1. The minimum absolute atomic E-state index is 0.0485. The predicted molar refractivity (Wildman–Crippen MR) is 107 cm³/mol. The van der Waals surface area contributed by atoms with Crippen molar-refractivity contribution in [3.63, 3.8) is 0 Å². The van der Waals surface area contributed by atoms with E-state index in [0.717, 1.165) is 31.6 Å². The van der Waals surface area contributed by atoms with Crippen LogP contribution in [0.25, 0.3) is 0 Å². The summed E-state index contributed by atoms with van der Waals surface area (Å²) in [5.41, 5.74) is 2.04. The van der Waals surface area contributed by atoms with Crippen LogP contribution in [-0.4, -0.2) is 48.8 Å². The highest BCUT2D eigenvalue weighted by Crippen LogP contribution is 2.26. The number of carbonyl (C=O) groups excluding carboxylic acids is 2. The van der Waals surface area contributed by atoms with E-state index < -0.39 is 10.8 Å². The number of anilines is 2. The maximum absolute atomic E-state index is 12.9. The van der Waals surface area contributed by atoms with Crippen LogP contribution in [0.3, 0.4) is 0 Å². The molecule has 1 aliphatic heterocycles. The molecule has 1 fully saturated rings. The fourth-order valence-electron chi connectivity index (χ4n) is 3.20. The van der Waals surface area contributed by atoms with E-state index in [1.807, 2.05) is 23.9 Å². The number of nitrogens with one attached hydrogen (secondary N) is 1. The van der Waals surface area contributed by atoms with Gasteiger partial charge in [-0.3, -0.25) is 19.7 Å². The molecule has 0 aromatic heterocycles. The second-order valence-corrected chi connectivity index (χ2v) is 6.88. The number of benzene rings is 2. The summed E-state index contributed by atoms with van der Waals surface area (Å²) < 4.78 is 0. The summed E-state index contributed by atoms with van der Waals surface area (Å²) in [6.07, 6.45) is 2.00. The molecule has 8 heteroatoms. The zero-order chi connectivity index (χ0) is 20.3. The van der Waals surface area contributed by atoms with Crippen LogP contribution >= 0.6 is 0 Å². The summed E-state index contributed by atoms with van der Waals surface area (Å²) in [6, 6.07) is 10.6. The first-order chi connectivity index (χ1) is 13.4. The zero-order valence-electron chi connectivity index (χ0n) is 15.8. The Morgan fingerprint density at radius 1 is 1.07 bits per heavy atom. The van der Waals surface area contributed by atoms with Crippen molar-refractivity contribution in [3.05, 3.63) is 63.7 Å². The minimum atomic E-state index is -0.516. The maximum atomic E-state index is 12.9. The number of nitrogens with zero attached hydrogens (tertiary/aromatic N) is 3. The van der Waals surface area contributed by atoms with Gasteiger partial charge in [0.05, 0.1) is 10.5 Å². The molecular weight excluding hydrogens is 360 g/mol. The number of hydrogen-bond acceptors (Lipinski definition) is 5. The number of non-ortho nitro benzene ring substituents is 1. The Kier molecular flexibility index (Phi) is 5.58. The molecular formula is C20H22N4O4. The lowest BCUT2D eigenvalue weighted by molar-refractivity contribution is -0.384. The van der Waals surface area contributed by atoms with Crippen LogP contribution in [0.4, 0.5) is 17.1 Å². The summed E-state index contributed by atoms with van der Waals surface area (Å²) >= 11 is 0. The van der Waals surface area contributed by atoms with E-state index in [1.165, 1.54) is 24.3 Å². The highest BCUT2D eigenvalue weighted by molar-refractivity contribution is 6.06. The Hall–Kier alpha value is -3.42. The highest BCUT2D eigenvalue weighted by atomic mass is 16.6. The zero-order valence-corrected chi connectivity index (χ0v) is 15.8. The largest absolute Gasteiger partial charge is 0.377 e. The topological polar surface area (TPSA) is 95.8 Å². The van der Waals surface area contributed by atoms with E-state index in [1.54, 1.807) is 18.2 Å². The van der Waals surface area contributed by atoms with Gasteiger partial charge in [0.25, 0.3) is 17.5 Å². The van der Waals surface area contributed by atoms with Crippen molar-refractivity contribution < 1.29 is 14.5 Å². The minimum Gasteiger partial charge on any atom is -0.377 e. The monoisotopic (exact) mass is 382 g/mol. The number of amides is 2. The molecule has 2 aromatic carbocycles. The molecule has 1 N–H and O–H groups in total. The predicted octanol–water partition coefficient (Wildman–Crippen LogP) is 3.15. The third-order valence-electron chi connectivity index (χ3n) is 4.70. The molecule has 2 amide bonds. The lowest BCUT2D eigenvalue weighted by Gasteiger charge is -2.22. The van der Waals surface area contributed by atoms with Crippen LogP contribution in [0.15, 0.2) is 42.5 Å². The molecule has 8 nitrogen and oxygen atoms in total. The Morgan fingerprint density at radius 3 is 2.29 bits per heavy atom. The molecule has 1 heterocycles. The number of nitro groups is 1. The van der Waals surface area contributed by atoms with Crippen molar-refractivity contribution in [2.24, 2.45) is 0 Å².